The van der Waals surface area contributed by atoms with Crippen molar-refractivity contribution in [2.45, 2.75) is 25.8 Å². The van der Waals surface area contributed by atoms with Gasteiger partial charge in [0.05, 0.1) is 6.42 Å². The number of halogens is 1. The Kier molecular flexibility index (Phi) is 6.21. The van der Waals surface area contributed by atoms with Gasteiger partial charge in [-0.05, 0) is 31.0 Å². The number of benzene rings is 1. The molecule has 2 rings (SSSR count). The van der Waals surface area contributed by atoms with E-state index in [2.05, 4.69) is 56.9 Å². The number of hydrogen-bond donors (Lipinski definition) is 1. The molecule has 0 bridgehead atoms. The van der Waals surface area contributed by atoms with Crippen LogP contribution in [0.25, 0.3) is 0 Å². The third-order valence-corrected chi connectivity index (χ3v) is 4.65. The van der Waals surface area contributed by atoms with Crippen molar-refractivity contribution in [1.82, 2.24) is 9.80 Å². The van der Waals surface area contributed by atoms with E-state index >= 15 is 0 Å². The Hall–Kier alpha value is -0.910. The first-order valence-corrected chi connectivity index (χ1v) is 8.26. The zero-order valence-electron chi connectivity index (χ0n) is 12.5. The smallest absolute Gasteiger partial charge is 0.304 e. The molecule has 1 aliphatic rings. The van der Waals surface area contributed by atoms with E-state index in [0.29, 0.717) is 12.6 Å². The highest BCUT2D eigenvalue weighted by molar-refractivity contribution is 9.10. The minimum atomic E-state index is -0.707. The molecule has 1 unspecified atom stereocenters. The summed E-state index contributed by atoms with van der Waals surface area (Å²) in [7, 11) is 0. The Morgan fingerprint density at radius 1 is 1.24 bits per heavy atom. The van der Waals surface area contributed by atoms with Gasteiger partial charge in [-0.1, -0.05) is 28.1 Å². The van der Waals surface area contributed by atoms with Crippen LogP contribution in [-0.2, 0) is 11.2 Å². The van der Waals surface area contributed by atoms with Gasteiger partial charge in [-0.25, -0.2) is 0 Å². The number of carboxylic acid groups (broad SMARTS) is 1. The van der Waals surface area contributed by atoms with E-state index in [1.54, 1.807) is 0 Å². The van der Waals surface area contributed by atoms with E-state index in [4.69, 9.17) is 5.11 Å². The van der Waals surface area contributed by atoms with Crippen molar-refractivity contribution < 1.29 is 9.90 Å². The summed E-state index contributed by atoms with van der Waals surface area (Å²) >= 11 is 3.46. The van der Waals surface area contributed by atoms with Gasteiger partial charge in [0.15, 0.2) is 0 Å². The van der Waals surface area contributed by atoms with Gasteiger partial charge in [0.25, 0.3) is 0 Å². The summed E-state index contributed by atoms with van der Waals surface area (Å²) in [6.45, 7) is 6.93. The first kappa shape index (κ1) is 16.5. The summed E-state index contributed by atoms with van der Waals surface area (Å²) in [6.07, 6.45) is 1.30. The van der Waals surface area contributed by atoms with Crippen molar-refractivity contribution in [2.75, 3.05) is 32.7 Å². The molecule has 0 aromatic heterocycles. The van der Waals surface area contributed by atoms with Crippen molar-refractivity contribution in [3.63, 3.8) is 0 Å². The summed E-state index contributed by atoms with van der Waals surface area (Å²) in [5.74, 6) is -0.707. The highest BCUT2D eigenvalue weighted by atomic mass is 79.9. The number of carbonyl (C=O) groups is 1. The molecule has 0 amide bonds. The highest BCUT2D eigenvalue weighted by Crippen LogP contribution is 2.15. The molecule has 0 aliphatic carbocycles. The molecular formula is C16H23BrN2O2. The summed E-state index contributed by atoms with van der Waals surface area (Å²) in [6, 6.07) is 9.04. The number of nitrogens with zero attached hydrogens (tertiary/aromatic N) is 2. The zero-order chi connectivity index (χ0) is 15.2. The molecule has 1 aromatic carbocycles. The van der Waals surface area contributed by atoms with Crippen molar-refractivity contribution >= 4 is 21.9 Å². The van der Waals surface area contributed by atoms with Crippen LogP contribution in [0.1, 0.15) is 18.9 Å². The second-order valence-corrected chi connectivity index (χ2v) is 6.62. The maximum absolute atomic E-state index is 10.6. The van der Waals surface area contributed by atoms with Crippen LogP contribution in [0.5, 0.6) is 0 Å². The number of piperazine rings is 1. The van der Waals surface area contributed by atoms with E-state index in [9.17, 15) is 4.79 Å². The summed E-state index contributed by atoms with van der Waals surface area (Å²) in [5, 5.41) is 8.73. The van der Waals surface area contributed by atoms with Crippen LogP contribution in [0.2, 0.25) is 0 Å². The van der Waals surface area contributed by atoms with Crippen LogP contribution >= 0.6 is 15.9 Å². The van der Waals surface area contributed by atoms with Crippen LogP contribution < -0.4 is 0 Å². The largest absolute Gasteiger partial charge is 0.481 e. The number of aliphatic carboxylic acids is 1. The van der Waals surface area contributed by atoms with Crippen LogP contribution in [0.15, 0.2) is 28.7 Å². The Bertz CT molecular complexity index is 456. The van der Waals surface area contributed by atoms with E-state index in [1.807, 2.05) is 0 Å². The Balaban J connectivity index is 1.76. The quantitative estimate of drug-likeness (QED) is 0.852. The predicted molar refractivity (Wildman–Crippen MR) is 87.6 cm³/mol. The fraction of sp³-hybridized carbons (Fsp3) is 0.562. The molecular weight excluding hydrogens is 332 g/mol. The first-order valence-electron chi connectivity index (χ1n) is 7.47. The molecule has 0 saturated carbocycles. The first-order chi connectivity index (χ1) is 10.0. The molecule has 1 N–H and O–H groups in total. The summed E-state index contributed by atoms with van der Waals surface area (Å²) in [4.78, 5) is 15.3. The zero-order valence-corrected chi connectivity index (χ0v) is 14.1. The van der Waals surface area contributed by atoms with E-state index in [0.717, 1.165) is 37.1 Å². The SMILES string of the molecule is CC(Cc1ccc(Br)cc1)N1CCN(CCC(=O)O)CC1. The fourth-order valence-electron chi connectivity index (χ4n) is 2.77. The molecule has 5 heteroatoms. The number of rotatable bonds is 6. The third-order valence-electron chi connectivity index (χ3n) is 4.12. The Labute approximate surface area is 134 Å². The second kappa shape index (κ2) is 7.92. The molecule has 0 radical (unpaired) electrons. The molecule has 1 heterocycles. The third kappa shape index (κ3) is 5.41. The summed E-state index contributed by atoms with van der Waals surface area (Å²) < 4.78 is 1.12. The van der Waals surface area contributed by atoms with Crippen molar-refractivity contribution in [1.29, 1.82) is 0 Å². The van der Waals surface area contributed by atoms with Gasteiger partial charge in [0.2, 0.25) is 0 Å². The van der Waals surface area contributed by atoms with Crippen molar-refractivity contribution in [3.8, 4) is 0 Å². The predicted octanol–water partition coefficient (Wildman–Crippen LogP) is 2.47. The summed E-state index contributed by atoms with van der Waals surface area (Å²) in [5.41, 5.74) is 1.36. The topological polar surface area (TPSA) is 43.8 Å². The lowest BCUT2D eigenvalue weighted by atomic mass is 10.1. The lowest BCUT2D eigenvalue weighted by Gasteiger charge is -2.38. The molecule has 0 spiro atoms. The second-order valence-electron chi connectivity index (χ2n) is 5.70. The van der Waals surface area contributed by atoms with Gasteiger partial charge in [0, 0.05) is 43.2 Å². The van der Waals surface area contributed by atoms with Crippen LogP contribution in [-0.4, -0.2) is 59.6 Å². The standard InChI is InChI=1S/C16H23BrN2O2/c1-13(12-14-2-4-15(17)5-3-14)19-10-8-18(9-11-19)7-6-16(20)21/h2-5,13H,6-12H2,1H3,(H,20,21). The maximum atomic E-state index is 10.6. The average molecular weight is 355 g/mol. The van der Waals surface area contributed by atoms with Gasteiger partial charge in [-0.2, -0.15) is 0 Å². The van der Waals surface area contributed by atoms with Gasteiger partial charge >= 0.3 is 5.97 Å². The lowest BCUT2D eigenvalue weighted by Crippen LogP contribution is -2.50. The number of carboxylic acids is 1. The minimum Gasteiger partial charge on any atom is -0.481 e. The lowest BCUT2D eigenvalue weighted by molar-refractivity contribution is -0.137. The van der Waals surface area contributed by atoms with Gasteiger partial charge in [-0.15, -0.1) is 0 Å². The normalized spacial score (nSPS) is 18.6. The number of hydrogen-bond acceptors (Lipinski definition) is 3. The molecule has 1 aromatic rings. The molecule has 1 fully saturated rings. The monoisotopic (exact) mass is 354 g/mol. The van der Waals surface area contributed by atoms with Crippen LogP contribution in [0.4, 0.5) is 0 Å². The van der Waals surface area contributed by atoms with Crippen LogP contribution in [0, 0.1) is 0 Å². The maximum Gasteiger partial charge on any atom is 0.304 e. The fourth-order valence-corrected chi connectivity index (χ4v) is 3.04. The minimum absolute atomic E-state index is 0.244. The highest BCUT2D eigenvalue weighted by Gasteiger charge is 2.21. The molecule has 116 valence electrons. The molecule has 21 heavy (non-hydrogen) atoms. The Morgan fingerprint density at radius 3 is 2.43 bits per heavy atom. The van der Waals surface area contributed by atoms with Gasteiger partial charge in [0.1, 0.15) is 0 Å². The average Bonchev–Trinajstić information content (AvgIpc) is 2.48. The van der Waals surface area contributed by atoms with Crippen molar-refractivity contribution in [2.24, 2.45) is 0 Å². The van der Waals surface area contributed by atoms with Crippen LogP contribution in [0.3, 0.4) is 0 Å². The van der Waals surface area contributed by atoms with E-state index in [1.165, 1.54) is 5.56 Å². The van der Waals surface area contributed by atoms with E-state index in [-0.39, 0.29) is 6.42 Å². The molecule has 1 atom stereocenters. The van der Waals surface area contributed by atoms with Gasteiger partial charge < -0.3 is 10.0 Å². The molecule has 1 saturated heterocycles. The molecule has 1 aliphatic heterocycles. The Morgan fingerprint density at radius 2 is 1.86 bits per heavy atom. The molecule has 4 nitrogen and oxygen atoms in total. The van der Waals surface area contributed by atoms with Crippen molar-refractivity contribution in [3.05, 3.63) is 34.3 Å². The van der Waals surface area contributed by atoms with Gasteiger partial charge in [-0.3, -0.25) is 9.69 Å². The van der Waals surface area contributed by atoms with E-state index < -0.39 is 5.97 Å².